The van der Waals surface area contributed by atoms with Crippen LogP contribution in [0.4, 0.5) is 23.0 Å². The SMILES string of the molecule is C.C[C@H](c1ccccc1)N1CCOC[C@@H](c2ccc(Br)cc2)C1.[C-]#[N+]c1ccc([C@@H]2COCCN([C@H](C)c3ccccc3)C2)cc1.[C-]#[N+]c1ccc([C@@H]2COCCN(c3nc(-c4ccncn4)cc(=O)n3C)C2)cc1.[C-]#[N+]c1ccc([C@H]2CNCCOC2)cc1. The van der Waals surface area contributed by atoms with Gasteiger partial charge in [0, 0.05) is 112 Å². The zero-order valence-corrected chi connectivity index (χ0v) is 52.6. The van der Waals surface area contributed by atoms with E-state index in [0.29, 0.717) is 90.5 Å². The van der Waals surface area contributed by atoms with Gasteiger partial charge in [-0.3, -0.25) is 19.2 Å². The molecule has 0 spiro atoms. The van der Waals surface area contributed by atoms with Crippen LogP contribution < -0.4 is 15.8 Å². The third-order valence-electron chi connectivity index (χ3n) is 16.7. The van der Waals surface area contributed by atoms with E-state index in [2.05, 4.69) is 171 Å². The molecule has 0 bridgehead atoms. The van der Waals surface area contributed by atoms with E-state index in [1.54, 1.807) is 23.9 Å². The van der Waals surface area contributed by atoms with Crippen LogP contribution in [0.15, 0.2) is 192 Å². The molecule has 0 radical (unpaired) electrons. The summed E-state index contributed by atoms with van der Waals surface area (Å²) in [6.45, 7) is 38.6. The summed E-state index contributed by atoms with van der Waals surface area (Å²) in [4.78, 5) is 42.8. The lowest BCUT2D eigenvalue weighted by molar-refractivity contribution is 0.130. The zero-order chi connectivity index (χ0) is 62.2. The summed E-state index contributed by atoms with van der Waals surface area (Å²) in [7, 11) is 1.72. The number of nitrogens with one attached hydrogen (secondary N) is 1. The van der Waals surface area contributed by atoms with E-state index >= 15 is 0 Å². The minimum atomic E-state index is -0.147. The number of aromatic nitrogens is 4. The van der Waals surface area contributed by atoms with Gasteiger partial charge >= 0.3 is 0 Å². The Balaban J connectivity index is 0.000000158. The largest absolute Gasteiger partial charge is 0.379 e. The van der Waals surface area contributed by atoms with Gasteiger partial charge in [0.1, 0.15) is 6.33 Å². The van der Waals surface area contributed by atoms with Gasteiger partial charge < -0.3 is 29.2 Å². The van der Waals surface area contributed by atoms with Crippen molar-refractivity contribution in [3.05, 3.63) is 265 Å². The minimum Gasteiger partial charge on any atom is -0.379 e. The first-order chi connectivity index (χ1) is 43.6. The van der Waals surface area contributed by atoms with Crippen LogP contribution >= 0.6 is 15.9 Å². The second-order valence-corrected chi connectivity index (χ2v) is 23.4. The highest BCUT2D eigenvalue weighted by atomic mass is 79.9. The predicted octanol–water partition coefficient (Wildman–Crippen LogP) is 14.0. The molecule has 4 aliphatic rings. The molecule has 1 N–H and O–H groups in total. The summed E-state index contributed by atoms with van der Waals surface area (Å²) in [6.07, 6.45) is 3.07. The lowest BCUT2D eigenvalue weighted by Gasteiger charge is -2.30. The van der Waals surface area contributed by atoms with Gasteiger partial charge in [-0.15, -0.1) is 0 Å². The number of hydrogen-bond donors (Lipinski definition) is 1. The summed E-state index contributed by atoms with van der Waals surface area (Å²) < 4.78 is 25.7. The van der Waals surface area contributed by atoms with Gasteiger partial charge in [-0.2, -0.15) is 0 Å². The first-order valence-corrected chi connectivity index (χ1v) is 31.2. The van der Waals surface area contributed by atoms with Crippen molar-refractivity contribution in [3.8, 4) is 11.4 Å². The Morgan fingerprint density at radius 2 is 0.978 bits per heavy atom. The third-order valence-corrected chi connectivity index (χ3v) is 17.2. The molecule has 0 aliphatic carbocycles. The fourth-order valence-electron chi connectivity index (χ4n) is 11.4. The molecule has 466 valence electrons. The van der Waals surface area contributed by atoms with Crippen molar-refractivity contribution in [2.24, 2.45) is 7.05 Å². The van der Waals surface area contributed by atoms with Crippen LogP contribution in [0, 0.1) is 19.7 Å². The average molecular weight is 1270 g/mol. The summed E-state index contributed by atoms with van der Waals surface area (Å²) in [5.74, 6) is 1.88. The fourth-order valence-corrected chi connectivity index (χ4v) is 11.6. The van der Waals surface area contributed by atoms with Crippen molar-refractivity contribution in [2.75, 3.05) is 110 Å². The number of halogens is 1. The molecule has 0 unspecified atom stereocenters. The monoisotopic (exact) mass is 1270 g/mol. The van der Waals surface area contributed by atoms with Gasteiger partial charge in [0.05, 0.1) is 84.0 Å². The minimum absolute atomic E-state index is 0. The Morgan fingerprint density at radius 3 is 1.44 bits per heavy atom. The van der Waals surface area contributed by atoms with Crippen LogP contribution in [0.2, 0.25) is 0 Å². The molecule has 4 saturated heterocycles. The van der Waals surface area contributed by atoms with Gasteiger partial charge in [0.2, 0.25) is 5.95 Å². The van der Waals surface area contributed by atoms with Crippen molar-refractivity contribution in [1.82, 2.24) is 34.6 Å². The van der Waals surface area contributed by atoms with Crippen molar-refractivity contribution >= 4 is 38.9 Å². The van der Waals surface area contributed by atoms with E-state index < -0.39 is 0 Å². The number of anilines is 1. The molecule has 6 heterocycles. The molecule has 4 fully saturated rings. The Morgan fingerprint density at radius 1 is 0.544 bits per heavy atom. The summed E-state index contributed by atoms with van der Waals surface area (Å²) in [5.41, 5.74) is 10.7. The highest BCUT2D eigenvalue weighted by Crippen LogP contribution is 2.31. The van der Waals surface area contributed by atoms with E-state index in [0.717, 1.165) is 88.9 Å². The number of nitrogens with zero attached hydrogens (tertiary/aromatic N) is 10. The van der Waals surface area contributed by atoms with E-state index in [4.69, 9.17) is 43.6 Å². The molecule has 6 atom stereocenters. The molecule has 2 aromatic heterocycles. The Kier molecular flexibility index (Phi) is 26.5. The Hall–Kier alpha value is -8.25. The quantitative estimate of drug-likeness (QED) is 0.131. The molecule has 0 amide bonds. The second-order valence-electron chi connectivity index (χ2n) is 22.5. The molecule has 4 aliphatic heterocycles. The lowest BCUT2D eigenvalue weighted by atomic mass is 9.97. The standard InChI is InChI=1S/C21H20N6O2.C20H22N2O.C19H22BrNO.C12H14N2O.CH4/c1-22-17-5-3-15(4-6-17)16-12-27(9-10-29-13-16)21-25-19(11-20(28)26(21)2)18-7-8-23-14-24-18;1-16(17-6-4-3-5-7-17)22-12-13-23-15-19(14-22)18-8-10-20(21-2)11-9-18;1-15(16-5-3-2-4-6-16)21-11-12-22-14-18(13-21)17-7-9-19(20)10-8-17;1-13-12-4-2-10(3-5-12)11-8-14-6-7-15-9-11;/h3-8,11,14,16H,9-10,12-13H2,2H3;3-11,16,19H,12-15H2,1H3;2-10,15,18H,11-14H2,1H3;2-5,11,14H,6-9H2;1H4/t16-;16-,19+;15-,18+;11-;/m0110./s1. The van der Waals surface area contributed by atoms with Crippen molar-refractivity contribution in [1.29, 1.82) is 0 Å². The Bertz CT molecular complexity index is 3610. The van der Waals surface area contributed by atoms with Crippen LogP contribution in [0.25, 0.3) is 25.9 Å². The number of hydrogen-bond acceptors (Lipinski definition) is 12. The molecule has 16 nitrogen and oxygen atoms in total. The smallest absolute Gasteiger partial charge is 0.255 e. The lowest BCUT2D eigenvalue weighted by Crippen LogP contribution is -2.35. The molecule has 6 aromatic carbocycles. The van der Waals surface area contributed by atoms with Crippen LogP contribution in [0.5, 0.6) is 0 Å². The van der Waals surface area contributed by atoms with E-state index in [9.17, 15) is 4.79 Å². The average Bonchev–Trinajstić information content (AvgIpc) is 2.34. The summed E-state index contributed by atoms with van der Waals surface area (Å²) in [5, 5.41) is 3.34. The molecular formula is C73H82BrN11O5. The maximum Gasteiger partial charge on any atom is 0.255 e. The van der Waals surface area contributed by atoms with Crippen molar-refractivity contribution < 1.29 is 18.9 Å². The third kappa shape index (κ3) is 19.4. The Labute approximate surface area is 540 Å². The molecule has 8 aromatic rings. The maximum absolute atomic E-state index is 12.6. The van der Waals surface area contributed by atoms with Gasteiger partial charge in [-0.1, -0.05) is 169 Å². The highest BCUT2D eigenvalue weighted by Gasteiger charge is 2.27. The van der Waals surface area contributed by atoms with E-state index in [-0.39, 0.29) is 18.9 Å². The van der Waals surface area contributed by atoms with Crippen LogP contribution in [0.3, 0.4) is 0 Å². The molecule has 90 heavy (non-hydrogen) atoms. The van der Waals surface area contributed by atoms with Crippen LogP contribution in [0.1, 0.15) is 90.4 Å². The topological polar surface area (TPSA) is 132 Å². The normalized spacial score (nSPS) is 19.5. The zero-order valence-electron chi connectivity index (χ0n) is 51.0. The molecular weight excluding hydrogens is 1190 g/mol. The van der Waals surface area contributed by atoms with Gasteiger partial charge in [-0.05, 0) is 65.4 Å². The van der Waals surface area contributed by atoms with Gasteiger partial charge in [-0.25, -0.2) is 29.5 Å². The van der Waals surface area contributed by atoms with Gasteiger partial charge in [0.15, 0.2) is 17.1 Å². The van der Waals surface area contributed by atoms with Crippen LogP contribution in [-0.2, 0) is 26.0 Å². The molecule has 0 saturated carbocycles. The first-order valence-electron chi connectivity index (χ1n) is 30.4. The van der Waals surface area contributed by atoms with Crippen molar-refractivity contribution in [3.63, 3.8) is 0 Å². The number of ether oxygens (including phenoxy) is 4. The maximum atomic E-state index is 12.6. The number of benzene rings is 6. The second kappa shape index (κ2) is 35.2. The molecule has 17 heteroatoms. The van der Waals surface area contributed by atoms with Gasteiger partial charge in [0.25, 0.3) is 5.56 Å². The van der Waals surface area contributed by atoms with E-state index in [1.807, 2.05) is 60.7 Å². The molecule has 12 rings (SSSR count). The first kappa shape index (κ1) is 67.7. The fraction of sp³-hybridized carbons (Fsp3) is 0.356. The summed E-state index contributed by atoms with van der Waals surface area (Å²) in [6, 6.07) is 57.3. The highest BCUT2D eigenvalue weighted by molar-refractivity contribution is 9.10. The van der Waals surface area contributed by atoms with Crippen molar-refractivity contribution in [2.45, 2.75) is 57.0 Å². The van der Waals surface area contributed by atoms with Crippen LogP contribution in [-0.4, -0.2) is 135 Å². The van der Waals surface area contributed by atoms with E-state index in [1.165, 1.54) is 40.2 Å². The summed E-state index contributed by atoms with van der Waals surface area (Å²) >= 11 is 3.51. The number of rotatable bonds is 10. The predicted molar refractivity (Wildman–Crippen MR) is 362 cm³/mol.